The van der Waals surface area contributed by atoms with Crippen LogP contribution in [0.25, 0.3) is 0 Å². The molecule has 0 saturated carbocycles. The molecule has 24 heavy (non-hydrogen) atoms. The molecule has 3 heteroatoms. The quantitative estimate of drug-likeness (QED) is 0.252. The smallest absolute Gasteiger partial charge is 0.303 e. The first-order valence-electron chi connectivity index (χ1n) is 9.86. The fraction of sp³-hybridized carbons (Fsp3) is 0.762. The van der Waals surface area contributed by atoms with Crippen LogP contribution in [-0.4, -0.2) is 22.3 Å². The lowest BCUT2D eigenvalue weighted by molar-refractivity contribution is -0.137. The van der Waals surface area contributed by atoms with Gasteiger partial charge in [-0.15, -0.1) is 0 Å². The molecule has 0 heterocycles. The predicted molar refractivity (Wildman–Crippen MR) is 102 cm³/mol. The lowest BCUT2D eigenvalue weighted by Crippen LogP contribution is -2.04. The van der Waals surface area contributed by atoms with Crippen LogP contribution < -0.4 is 0 Å². The topological polar surface area (TPSA) is 57.5 Å². The summed E-state index contributed by atoms with van der Waals surface area (Å²) < 4.78 is 0. The van der Waals surface area contributed by atoms with E-state index >= 15 is 0 Å². The fourth-order valence-corrected chi connectivity index (χ4v) is 2.64. The van der Waals surface area contributed by atoms with Gasteiger partial charge < -0.3 is 10.2 Å². The highest BCUT2D eigenvalue weighted by Gasteiger charge is 2.01. The Bertz CT molecular complexity index is 334. The van der Waals surface area contributed by atoms with Crippen molar-refractivity contribution >= 4 is 5.97 Å². The van der Waals surface area contributed by atoms with Gasteiger partial charge in [-0.1, -0.05) is 76.2 Å². The van der Waals surface area contributed by atoms with Gasteiger partial charge in [-0.05, 0) is 38.5 Å². The van der Waals surface area contributed by atoms with E-state index in [2.05, 4.69) is 31.2 Å². The molecule has 1 unspecified atom stereocenters. The summed E-state index contributed by atoms with van der Waals surface area (Å²) in [7, 11) is 0. The number of carboxylic acid groups (broad SMARTS) is 1. The number of hydrogen-bond donors (Lipinski definition) is 2. The molecule has 0 bridgehead atoms. The summed E-state index contributed by atoms with van der Waals surface area (Å²) in [6.07, 6.45) is 22.6. The van der Waals surface area contributed by atoms with E-state index in [9.17, 15) is 9.90 Å². The van der Waals surface area contributed by atoms with Crippen LogP contribution in [0.5, 0.6) is 0 Å². The first-order valence-corrected chi connectivity index (χ1v) is 9.86. The van der Waals surface area contributed by atoms with Crippen molar-refractivity contribution < 1.29 is 15.0 Å². The van der Waals surface area contributed by atoms with Crippen LogP contribution in [0.4, 0.5) is 0 Å². The molecule has 0 rings (SSSR count). The third-order valence-corrected chi connectivity index (χ3v) is 4.17. The summed E-state index contributed by atoms with van der Waals surface area (Å²) in [5.74, 6) is -0.696. The second-order valence-electron chi connectivity index (χ2n) is 6.62. The number of carboxylic acids is 1. The van der Waals surface area contributed by atoms with Gasteiger partial charge in [0.1, 0.15) is 0 Å². The Kier molecular flexibility index (Phi) is 17.4. The van der Waals surface area contributed by atoms with Gasteiger partial charge in [-0.3, -0.25) is 4.79 Å². The van der Waals surface area contributed by atoms with Crippen LogP contribution in [-0.2, 0) is 4.79 Å². The molecular formula is C21H38O3. The average Bonchev–Trinajstić information content (AvgIpc) is 2.55. The number of aliphatic hydroxyl groups is 1. The minimum absolute atomic E-state index is 0.221. The summed E-state index contributed by atoms with van der Waals surface area (Å²) in [6, 6.07) is 0. The fourth-order valence-electron chi connectivity index (χ4n) is 2.64. The molecule has 2 N–H and O–H groups in total. The van der Waals surface area contributed by atoms with Crippen molar-refractivity contribution in [1.82, 2.24) is 0 Å². The maximum Gasteiger partial charge on any atom is 0.303 e. The lowest BCUT2D eigenvalue weighted by atomic mass is 10.0. The molecule has 0 aromatic rings. The number of aliphatic carboxylic acids is 1. The number of hydrogen-bond acceptors (Lipinski definition) is 2. The molecule has 0 radical (unpaired) electrons. The number of carbonyl (C=O) groups is 1. The van der Waals surface area contributed by atoms with Crippen LogP contribution >= 0.6 is 0 Å². The summed E-state index contributed by atoms with van der Waals surface area (Å²) >= 11 is 0. The monoisotopic (exact) mass is 338 g/mol. The van der Waals surface area contributed by atoms with Crippen molar-refractivity contribution in [1.29, 1.82) is 0 Å². The Morgan fingerprint density at radius 2 is 1.54 bits per heavy atom. The van der Waals surface area contributed by atoms with E-state index in [1.165, 1.54) is 25.7 Å². The van der Waals surface area contributed by atoms with Gasteiger partial charge in [-0.25, -0.2) is 0 Å². The second-order valence-corrected chi connectivity index (χ2v) is 6.62. The number of unbranched alkanes of at least 4 members (excludes halogenated alkanes) is 8. The molecule has 0 aliphatic heterocycles. The number of allylic oxidation sites excluding steroid dienone is 3. The Balaban J connectivity index is 3.35. The van der Waals surface area contributed by atoms with E-state index in [1.54, 1.807) is 0 Å². The van der Waals surface area contributed by atoms with Gasteiger partial charge in [0.05, 0.1) is 6.10 Å². The van der Waals surface area contributed by atoms with Crippen LogP contribution in [0.2, 0.25) is 0 Å². The molecule has 0 aliphatic rings. The zero-order chi connectivity index (χ0) is 17.9. The molecule has 0 aromatic heterocycles. The van der Waals surface area contributed by atoms with E-state index in [1.807, 2.05) is 0 Å². The van der Waals surface area contributed by atoms with E-state index in [0.717, 1.165) is 57.8 Å². The normalized spacial score (nSPS) is 13.1. The van der Waals surface area contributed by atoms with E-state index in [-0.39, 0.29) is 6.10 Å². The van der Waals surface area contributed by atoms with Crippen molar-refractivity contribution in [3.63, 3.8) is 0 Å². The molecular weight excluding hydrogens is 300 g/mol. The Hall–Kier alpha value is -1.09. The first kappa shape index (κ1) is 22.9. The molecule has 1 atom stereocenters. The standard InChI is InChI=1S/C21H38O3/c1-2-3-4-5-6-7-8-11-14-17-20(22)18-15-12-9-10-13-16-19-21(23)24/h6-7,11,14,20,22H,2-5,8-10,12-13,15-19H2,1H3,(H,23,24). The minimum atomic E-state index is -0.696. The molecule has 0 saturated heterocycles. The predicted octanol–water partition coefficient (Wildman–Crippen LogP) is 6.03. The van der Waals surface area contributed by atoms with E-state index < -0.39 is 5.97 Å². The highest BCUT2D eigenvalue weighted by atomic mass is 16.4. The average molecular weight is 339 g/mol. The molecule has 0 fully saturated rings. The van der Waals surface area contributed by atoms with Gasteiger partial charge >= 0.3 is 5.97 Å². The molecule has 0 aromatic carbocycles. The zero-order valence-electron chi connectivity index (χ0n) is 15.6. The van der Waals surface area contributed by atoms with Gasteiger partial charge in [0.15, 0.2) is 0 Å². The van der Waals surface area contributed by atoms with Gasteiger partial charge in [0.2, 0.25) is 0 Å². The van der Waals surface area contributed by atoms with Gasteiger partial charge in [0.25, 0.3) is 0 Å². The van der Waals surface area contributed by atoms with Crippen molar-refractivity contribution in [3.05, 3.63) is 24.3 Å². The first-order chi connectivity index (χ1) is 11.7. The highest BCUT2D eigenvalue weighted by Crippen LogP contribution is 2.11. The maximum atomic E-state index is 10.4. The summed E-state index contributed by atoms with van der Waals surface area (Å²) in [5, 5.41) is 18.5. The van der Waals surface area contributed by atoms with Crippen molar-refractivity contribution in [2.45, 2.75) is 103 Å². The van der Waals surface area contributed by atoms with Crippen molar-refractivity contribution in [2.24, 2.45) is 0 Å². The van der Waals surface area contributed by atoms with E-state index in [0.29, 0.717) is 6.42 Å². The Morgan fingerprint density at radius 1 is 0.875 bits per heavy atom. The largest absolute Gasteiger partial charge is 0.481 e. The summed E-state index contributed by atoms with van der Waals surface area (Å²) in [4.78, 5) is 10.4. The highest BCUT2D eigenvalue weighted by molar-refractivity contribution is 5.66. The second kappa shape index (κ2) is 18.3. The molecule has 140 valence electrons. The minimum Gasteiger partial charge on any atom is -0.481 e. The Morgan fingerprint density at radius 3 is 2.25 bits per heavy atom. The van der Waals surface area contributed by atoms with Crippen molar-refractivity contribution in [2.75, 3.05) is 0 Å². The van der Waals surface area contributed by atoms with Gasteiger partial charge in [-0.2, -0.15) is 0 Å². The van der Waals surface area contributed by atoms with Crippen LogP contribution in [0.1, 0.15) is 96.8 Å². The lowest BCUT2D eigenvalue weighted by Gasteiger charge is -2.07. The molecule has 0 aliphatic carbocycles. The van der Waals surface area contributed by atoms with Crippen LogP contribution in [0.3, 0.4) is 0 Å². The molecule has 0 spiro atoms. The summed E-state index contributed by atoms with van der Waals surface area (Å²) in [5.41, 5.74) is 0. The van der Waals surface area contributed by atoms with E-state index in [4.69, 9.17) is 5.11 Å². The zero-order valence-corrected chi connectivity index (χ0v) is 15.6. The summed E-state index contributed by atoms with van der Waals surface area (Å²) in [6.45, 7) is 2.22. The SMILES string of the molecule is CCCCCC=CCC=CCC(O)CCCCCCCCC(=O)O. The third kappa shape index (κ3) is 19.0. The van der Waals surface area contributed by atoms with Crippen LogP contribution in [0.15, 0.2) is 24.3 Å². The number of rotatable bonds is 17. The number of aliphatic hydroxyl groups excluding tert-OH is 1. The molecule has 3 nitrogen and oxygen atoms in total. The Labute approximate surface area is 148 Å². The van der Waals surface area contributed by atoms with Crippen LogP contribution in [0, 0.1) is 0 Å². The van der Waals surface area contributed by atoms with Crippen molar-refractivity contribution in [3.8, 4) is 0 Å². The maximum absolute atomic E-state index is 10.4. The molecule has 0 amide bonds. The third-order valence-electron chi connectivity index (χ3n) is 4.17. The van der Waals surface area contributed by atoms with Gasteiger partial charge in [0, 0.05) is 6.42 Å².